The zero-order chi connectivity index (χ0) is 16.1. The maximum atomic E-state index is 6.34. The van der Waals surface area contributed by atoms with E-state index >= 15 is 0 Å². The first-order valence-corrected chi connectivity index (χ1v) is 9.05. The molecule has 118 valence electrons. The van der Waals surface area contributed by atoms with Crippen molar-refractivity contribution >= 4 is 35.0 Å². The molecule has 0 saturated carbocycles. The van der Waals surface area contributed by atoms with Crippen LogP contribution in [-0.2, 0) is 6.42 Å². The normalized spacial score (nSPS) is 11.0. The summed E-state index contributed by atoms with van der Waals surface area (Å²) in [6.45, 7) is 5.88. The summed E-state index contributed by atoms with van der Waals surface area (Å²) in [5.74, 6) is 2.45. The molecule has 0 aliphatic rings. The van der Waals surface area contributed by atoms with Gasteiger partial charge in [-0.25, -0.2) is 9.97 Å². The minimum Gasteiger partial charge on any atom is -0.261 e. The van der Waals surface area contributed by atoms with Gasteiger partial charge in [0.15, 0.2) is 0 Å². The highest BCUT2D eigenvalue weighted by atomic mass is 35.5. The molecule has 6 heteroatoms. The second-order valence-electron chi connectivity index (χ2n) is 5.07. The number of hydrogen-bond acceptors (Lipinski definition) is 4. The molecule has 2 heterocycles. The molecule has 0 aromatic carbocycles. The molecule has 0 unspecified atom stereocenters. The molecule has 2 aromatic heterocycles. The van der Waals surface area contributed by atoms with E-state index in [1.807, 2.05) is 31.8 Å². The van der Waals surface area contributed by atoms with E-state index < -0.39 is 0 Å². The topological polar surface area (TPSA) is 38.7 Å². The van der Waals surface area contributed by atoms with Gasteiger partial charge in [0.05, 0.1) is 22.1 Å². The third-order valence-electron chi connectivity index (χ3n) is 3.33. The van der Waals surface area contributed by atoms with Gasteiger partial charge in [-0.1, -0.05) is 11.6 Å². The molecule has 0 atom stereocenters. The summed E-state index contributed by atoms with van der Waals surface area (Å²) >= 11 is 13.9. The number of rotatable bonds is 6. The molecule has 22 heavy (non-hydrogen) atoms. The Morgan fingerprint density at radius 2 is 1.91 bits per heavy atom. The molecule has 0 spiro atoms. The zero-order valence-corrected chi connectivity index (χ0v) is 15.3. The van der Waals surface area contributed by atoms with Crippen LogP contribution in [0.3, 0.4) is 0 Å². The van der Waals surface area contributed by atoms with E-state index in [1.54, 1.807) is 0 Å². The highest BCUT2D eigenvalue weighted by Crippen LogP contribution is 2.27. The van der Waals surface area contributed by atoms with Crippen molar-refractivity contribution in [3.05, 3.63) is 45.8 Å². The van der Waals surface area contributed by atoms with Gasteiger partial charge < -0.3 is 0 Å². The second-order valence-corrected chi connectivity index (χ2v) is 6.96. The fourth-order valence-electron chi connectivity index (χ4n) is 2.18. The van der Waals surface area contributed by atoms with E-state index in [0.29, 0.717) is 17.3 Å². The van der Waals surface area contributed by atoms with Crippen LogP contribution in [0, 0.1) is 20.8 Å². The predicted octanol–water partition coefficient (Wildman–Crippen LogP) is 4.76. The monoisotopic (exact) mass is 355 g/mol. The lowest BCUT2D eigenvalue weighted by Gasteiger charge is -2.11. The Kier molecular flexibility index (Phi) is 6.48. The first kappa shape index (κ1) is 17.5. The molecule has 2 rings (SSSR count). The zero-order valence-electron chi connectivity index (χ0n) is 13.0. The molecule has 0 fully saturated rings. The number of nitrogens with zero attached hydrogens (tertiary/aromatic N) is 3. The van der Waals surface area contributed by atoms with Crippen LogP contribution in [0.2, 0.25) is 5.02 Å². The number of thioether (sulfide) groups is 1. The number of aryl methyl sites for hydroxylation is 2. The molecular weight excluding hydrogens is 337 g/mol. The Morgan fingerprint density at radius 1 is 1.14 bits per heavy atom. The van der Waals surface area contributed by atoms with Crippen molar-refractivity contribution < 1.29 is 0 Å². The van der Waals surface area contributed by atoms with E-state index in [2.05, 4.69) is 27.9 Å². The Hall–Kier alpha value is -0.840. The van der Waals surface area contributed by atoms with Crippen LogP contribution >= 0.6 is 35.0 Å². The number of pyridine rings is 1. The molecule has 0 N–H and O–H groups in total. The molecule has 0 saturated heterocycles. The van der Waals surface area contributed by atoms with Crippen molar-refractivity contribution in [1.29, 1.82) is 0 Å². The first-order valence-electron chi connectivity index (χ1n) is 7.15. The fourth-order valence-corrected chi connectivity index (χ4v) is 3.62. The second kappa shape index (κ2) is 8.14. The summed E-state index contributed by atoms with van der Waals surface area (Å²) in [4.78, 5) is 14.5. The maximum absolute atomic E-state index is 6.34. The number of hydrogen-bond donors (Lipinski definition) is 0. The van der Waals surface area contributed by atoms with Crippen molar-refractivity contribution in [1.82, 2.24) is 15.0 Å². The molecule has 0 radical (unpaired) electrons. The van der Waals surface area contributed by atoms with Gasteiger partial charge in [-0.3, -0.25) is 4.98 Å². The number of aromatic nitrogens is 3. The number of halogens is 2. The van der Waals surface area contributed by atoms with E-state index in [9.17, 15) is 0 Å². The van der Waals surface area contributed by atoms with Crippen molar-refractivity contribution in [2.45, 2.75) is 38.5 Å². The lowest BCUT2D eigenvalue weighted by molar-refractivity contribution is 0.911. The van der Waals surface area contributed by atoms with Gasteiger partial charge in [0.25, 0.3) is 0 Å². The summed E-state index contributed by atoms with van der Waals surface area (Å²) in [6.07, 6.45) is 3.47. The van der Waals surface area contributed by atoms with E-state index in [0.717, 1.165) is 35.1 Å². The first-order chi connectivity index (χ1) is 10.5. The van der Waals surface area contributed by atoms with Crippen LogP contribution in [-0.4, -0.2) is 26.6 Å². The third-order valence-corrected chi connectivity index (χ3v) is 5.33. The Bertz CT molecular complexity index is 662. The average Bonchev–Trinajstić information content (AvgIpc) is 2.48. The average molecular weight is 356 g/mol. The minimum absolute atomic E-state index is 0.624. The van der Waals surface area contributed by atoms with Gasteiger partial charge in [-0.05, 0) is 44.6 Å². The van der Waals surface area contributed by atoms with Crippen LogP contribution < -0.4 is 0 Å². The van der Waals surface area contributed by atoms with Gasteiger partial charge in [0, 0.05) is 23.4 Å². The number of alkyl halides is 1. The lowest BCUT2D eigenvalue weighted by Crippen LogP contribution is -2.04. The fraction of sp³-hybridized carbons (Fsp3) is 0.438. The minimum atomic E-state index is 0.624. The highest BCUT2D eigenvalue weighted by molar-refractivity contribution is 7.99. The smallest absolute Gasteiger partial charge is 0.125 e. The predicted molar refractivity (Wildman–Crippen MR) is 94.4 cm³/mol. The summed E-state index contributed by atoms with van der Waals surface area (Å²) in [5, 5.41) is 0.631. The van der Waals surface area contributed by atoms with Gasteiger partial charge >= 0.3 is 0 Å². The summed E-state index contributed by atoms with van der Waals surface area (Å²) in [7, 11) is 0. The van der Waals surface area contributed by atoms with Crippen LogP contribution in [0.15, 0.2) is 17.2 Å². The molecule has 0 aliphatic heterocycles. The van der Waals surface area contributed by atoms with Gasteiger partial charge in [0.1, 0.15) is 5.82 Å². The van der Waals surface area contributed by atoms with Crippen molar-refractivity contribution in [2.75, 3.05) is 11.6 Å². The lowest BCUT2D eigenvalue weighted by atomic mass is 10.1. The third kappa shape index (κ3) is 4.34. The Morgan fingerprint density at radius 3 is 2.64 bits per heavy atom. The summed E-state index contributed by atoms with van der Waals surface area (Å²) in [6, 6.07) is 2.05. The molecular formula is C16H19Cl2N3S. The standard InChI is InChI=1S/C16H19Cl2N3S/c1-10-13(19-7-5-15(10)22-8-4-6-17)9-14-16(18)11(2)20-12(3)21-14/h5,7H,4,6,8-9H2,1-3H3. The van der Waals surface area contributed by atoms with Gasteiger partial charge in [-0.2, -0.15) is 0 Å². The van der Waals surface area contributed by atoms with Gasteiger partial charge in [-0.15, -0.1) is 23.4 Å². The largest absolute Gasteiger partial charge is 0.261 e. The van der Waals surface area contributed by atoms with E-state index in [-0.39, 0.29) is 0 Å². The van der Waals surface area contributed by atoms with Crippen molar-refractivity contribution in [3.63, 3.8) is 0 Å². The van der Waals surface area contributed by atoms with Crippen LogP contribution in [0.5, 0.6) is 0 Å². The van der Waals surface area contributed by atoms with Crippen LogP contribution in [0.4, 0.5) is 0 Å². The van der Waals surface area contributed by atoms with Crippen LogP contribution in [0.25, 0.3) is 0 Å². The van der Waals surface area contributed by atoms with Gasteiger partial charge in [0.2, 0.25) is 0 Å². The highest BCUT2D eigenvalue weighted by Gasteiger charge is 2.12. The van der Waals surface area contributed by atoms with E-state index in [1.165, 1.54) is 10.5 Å². The van der Waals surface area contributed by atoms with Crippen LogP contribution in [0.1, 0.15) is 34.9 Å². The maximum Gasteiger partial charge on any atom is 0.125 e. The summed E-state index contributed by atoms with van der Waals surface area (Å²) in [5.41, 5.74) is 3.85. The Labute approximate surface area is 145 Å². The molecule has 2 aromatic rings. The molecule has 0 aliphatic carbocycles. The quantitative estimate of drug-likeness (QED) is 0.425. The van der Waals surface area contributed by atoms with E-state index in [4.69, 9.17) is 23.2 Å². The summed E-state index contributed by atoms with van der Waals surface area (Å²) < 4.78 is 0. The Balaban J connectivity index is 2.25. The van der Waals surface area contributed by atoms with Crippen molar-refractivity contribution in [2.24, 2.45) is 0 Å². The molecule has 3 nitrogen and oxygen atoms in total. The SMILES string of the molecule is Cc1nc(C)c(Cl)c(Cc2nccc(SCCCCl)c2C)n1. The van der Waals surface area contributed by atoms with Crippen molar-refractivity contribution in [3.8, 4) is 0 Å². The molecule has 0 bridgehead atoms. The molecule has 0 amide bonds.